The van der Waals surface area contributed by atoms with Crippen LogP contribution >= 0.6 is 0 Å². The lowest BCUT2D eigenvalue weighted by atomic mass is 10.2. The summed E-state index contributed by atoms with van der Waals surface area (Å²) in [6, 6.07) is 0.198. The Balaban J connectivity index is 2.87. The van der Waals surface area contributed by atoms with Crippen molar-refractivity contribution in [3.05, 3.63) is 11.3 Å². The lowest BCUT2D eigenvalue weighted by molar-refractivity contribution is 0.528. The fourth-order valence-corrected chi connectivity index (χ4v) is 3.53. The highest BCUT2D eigenvalue weighted by molar-refractivity contribution is 7.89. The van der Waals surface area contributed by atoms with E-state index in [1.54, 1.807) is 0 Å². The number of nitrogens with zero attached hydrogens (tertiary/aromatic N) is 1. The maximum absolute atomic E-state index is 12.5. The van der Waals surface area contributed by atoms with E-state index in [-0.39, 0.29) is 17.1 Å². The van der Waals surface area contributed by atoms with Crippen LogP contribution in [0.25, 0.3) is 0 Å². The SMILES string of the molecule is CCCCC(C)NS(=O)(=O)c1n[nH]c(C)c1CNC(C)C. The molecule has 0 aliphatic heterocycles. The van der Waals surface area contributed by atoms with Gasteiger partial charge in [-0.05, 0) is 20.3 Å². The molecule has 0 saturated carbocycles. The zero-order valence-electron chi connectivity index (χ0n) is 13.7. The number of aromatic nitrogens is 2. The summed E-state index contributed by atoms with van der Waals surface area (Å²) in [5.74, 6) is 0. The van der Waals surface area contributed by atoms with Gasteiger partial charge in [0.15, 0.2) is 5.03 Å². The van der Waals surface area contributed by atoms with Crippen LogP contribution < -0.4 is 10.0 Å². The first-order valence-electron chi connectivity index (χ1n) is 7.57. The van der Waals surface area contributed by atoms with Gasteiger partial charge >= 0.3 is 0 Å². The van der Waals surface area contributed by atoms with E-state index in [0.717, 1.165) is 25.0 Å². The first kappa shape index (κ1) is 18.1. The van der Waals surface area contributed by atoms with Crippen molar-refractivity contribution in [1.82, 2.24) is 20.2 Å². The number of rotatable bonds is 9. The molecule has 1 unspecified atom stereocenters. The molecular formula is C14H28N4O2S. The predicted octanol–water partition coefficient (Wildman–Crippen LogP) is 2.07. The maximum Gasteiger partial charge on any atom is 0.260 e. The van der Waals surface area contributed by atoms with E-state index >= 15 is 0 Å². The lowest BCUT2D eigenvalue weighted by Gasteiger charge is -2.14. The van der Waals surface area contributed by atoms with Crippen LogP contribution in [-0.2, 0) is 16.6 Å². The van der Waals surface area contributed by atoms with E-state index < -0.39 is 10.0 Å². The number of unbranched alkanes of at least 4 members (excludes halogenated alkanes) is 1. The molecule has 21 heavy (non-hydrogen) atoms. The first-order chi connectivity index (χ1) is 9.77. The van der Waals surface area contributed by atoms with Gasteiger partial charge in [-0.3, -0.25) is 5.10 Å². The zero-order valence-corrected chi connectivity index (χ0v) is 14.5. The number of aryl methyl sites for hydroxylation is 1. The Morgan fingerprint density at radius 2 is 1.95 bits per heavy atom. The highest BCUT2D eigenvalue weighted by atomic mass is 32.2. The molecular weight excluding hydrogens is 288 g/mol. The number of hydrogen-bond donors (Lipinski definition) is 3. The molecule has 0 radical (unpaired) electrons. The monoisotopic (exact) mass is 316 g/mol. The van der Waals surface area contributed by atoms with Gasteiger partial charge in [0.25, 0.3) is 10.0 Å². The second-order valence-electron chi connectivity index (χ2n) is 5.83. The van der Waals surface area contributed by atoms with E-state index in [4.69, 9.17) is 0 Å². The molecule has 1 aromatic heterocycles. The van der Waals surface area contributed by atoms with Crippen molar-refractivity contribution in [1.29, 1.82) is 0 Å². The molecule has 0 amide bonds. The normalized spacial score (nSPS) is 13.8. The molecule has 1 rings (SSSR count). The van der Waals surface area contributed by atoms with Crippen LogP contribution in [0.3, 0.4) is 0 Å². The molecule has 0 aliphatic rings. The van der Waals surface area contributed by atoms with Gasteiger partial charge in [0.1, 0.15) is 0 Å². The summed E-state index contributed by atoms with van der Waals surface area (Å²) in [5.41, 5.74) is 1.49. The number of H-pyrrole nitrogens is 1. The zero-order chi connectivity index (χ0) is 16.0. The molecule has 1 aromatic rings. The van der Waals surface area contributed by atoms with Crippen molar-refractivity contribution in [2.75, 3.05) is 0 Å². The van der Waals surface area contributed by atoms with E-state index in [0.29, 0.717) is 12.1 Å². The smallest absolute Gasteiger partial charge is 0.260 e. The summed E-state index contributed by atoms with van der Waals surface area (Å²) < 4.78 is 27.6. The second kappa shape index (κ2) is 7.91. The third-order valence-electron chi connectivity index (χ3n) is 3.32. The molecule has 0 aliphatic carbocycles. The van der Waals surface area contributed by atoms with Gasteiger partial charge in [-0.2, -0.15) is 5.10 Å². The minimum atomic E-state index is -3.58. The van der Waals surface area contributed by atoms with E-state index in [1.165, 1.54) is 0 Å². The summed E-state index contributed by atoms with van der Waals surface area (Å²) in [5, 5.41) is 10.1. The Labute approximate surface area is 128 Å². The molecule has 0 aromatic carbocycles. The molecule has 1 atom stereocenters. The quantitative estimate of drug-likeness (QED) is 0.651. The van der Waals surface area contributed by atoms with Crippen molar-refractivity contribution in [3.63, 3.8) is 0 Å². The van der Waals surface area contributed by atoms with Crippen molar-refractivity contribution in [3.8, 4) is 0 Å². The second-order valence-corrected chi connectivity index (χ2v) is 7.46. The van der Waals surface area contributed by atoms with E-state index in [2.05, 4.69) is 27.2 Å². The molecule has 122 valence electrons. The Hall–Kier alpha value is -0.920. The molecule has 6 nitrogen and oxygen atoms in total. The Morgan fingerprint density at radius 1 is 1.29 bits per heavy atom. The minimum absolute atomic E-state index is 0.0853. The van der Waals surface area contributed by atoms with Gasteiger partial charge in [-0.15, -0.1) is 0 Å². The summed E-state index contributed by atoms with van der Waals surface area (Å²) >= 11 is 0. The summed E-state index contributed by atoms with van der Waals surface area (Å²) in [4.78, 5) is 0. The van der Waals surface area contributed by atoms with Crippen LogP contribution in [0.5, 0.6) is 0 Å². The topological polar surface area (TPSA) is 86.9 Å². The minimum Gasteiger partial charge on any atom is -0.310 e. The van der Waals surface area contributed by atoms with Gasteiger partial charge in [0.05, 0.1) is 0 Å². The van der Waals surface area contributed by atoms with Crippen LogP contribution in [0.2, 0.25) is 0 Å². The fourth-order valence-electron chi connectivity index (χ4n) is 2.06. The standard InChI is InChI=1S/C14H28N4O2S/c1-6-7-8-11(4)18-21(19,20)14-13(9-15-10(2)3)12(5)16-17-14/h10-11,15,18H,6-9H2,1-5H3,(H,16,17). The van der Waals surface area contributed by atoms with Crippen molar-refractivity contribution in [2.45, 2.75) is 77.5 Å². The van der Waals surface area contributed by atoms with Crippen molar-refractivity contribution in [2.24, 2.45) is 0 Å². The maximum atomic E-state index is 12.5. The number of hydrogen-bond acceptors (Lipinski definition) is 4. The van der Waals surface area contributed by atoms with Crippen molar-refractivity contribution >= 4 is 10.0 Å². The van der Waals surface area contributed by atoms with Crippen LogP contribution in [0, 0.1) is 6.92 Å². The fraction of sp³-hybridized carbons (Fsp3) is 0.786. The largest absolute Gasteiger partial charge is 0.310 e. The summed E-state index contributed by atoms with van der Waals surface area (Å²) in [6.07, 6.45) is 2.89. The molecule has 0 fully saturated rings. The average molecular weight is 316 g/mol. The highest BCUT2D eigenvalue weighted by Gasteiger charge is 2.25. The molecule has 7 heteroatoms. The van der Waals surface area contributed by atoms with E-state index in [1.807, 2.05) is 27.7 Å². The Morgan fingerprint density at radius 3 is 2.52 bits per heavy atom. The average Bonchev–Trinajstić information content (AvgIpc) is 2.75. The van der Waals surface area contributed by atoms with Gasteiger partial charge in [0, 0.05) is 29.9 Å². The van der Waals surface area contributed by atoms with Crippen LogP contribution in [-0.4, -0.2) is 30.7 Å². The number of sulfonamides is 1. The Bertz CT molecular complexity index is 537. The lowest BCUT2D eigenvalue weighted by Crippen LogP contribution is -2.34. The third-order valence-corrected chi connectivity index (χ3v) is 4.88. The van der Waals surface area contributed by atoms with Gasteiger partial charge in [-0.25, -0.2) is 13.1 Å². The third kappa shape index (κ3) is 5.41. The van der Waals surface area contributed by atoms with Crippen LogP contribution in [0.15, 0.2) is 5.03 Å². The molecule has 0 saturated heterocycles. The van der Waals surface area contributed by atoms with Gasteiger partial charge in [-0.1, -0.05) is 33.6 Å². The van der Waals surface area contributed by atoms with Gasteiger partial charge in [0.2, 0.25) is 0 Å². The Kier molecular flexibility index (Phi) is 6.83. The molecule has 1 heterocycles. The first-order valence-corrected chi connectivity index (χ1v) is 9.05. The number of aromatic amines is 1. The van der Waals surface area contributed by atoms with Crippen LogP contribution in [0.4, 0.5) is 0 Å². The summed E-state index contributed by atoms with van der Waals surface area (Å²) in [7, 11) is -3.58. The molecule has 0 bridgehead atoms. The summed E-state index contributed by atoms with van der Waals surface area (Å²) in [6.45, 7) is 10.3. The van der Waals surface area contributed by atoms with E-state index in [9.17, 15) is 8.42 Å². The molecule has 0 spiro atoms. The highest BCUT2D eigenvalue weighted by Crippen LogP contribution is 2.17. The number of nitrogens with one attached hydrogen (secondary N) is 3. The molecule has 3 N–H and O–H groups in total. The van der Waals surface area contributed by atoms with Crippen molar-refractivity contribution < 1.29 is 8.42 Å². The van der Waals surface area contributed by atoms with Crippen LogP contribution in [0.1, 0.15) is 58.2 Å². The predicted molar refractivity (Wildman–Crippen MR) is 84.6 cm³/mol. The van der Waals surface area contributed by atoms with Gasteiger partial charge < -0.3 is 5.32 Å².